The van der Waals surface area contributed by atoms with E-state index in [0.29, 0.717) is 15.2 Å². The number of imide groups is 1. The maximum absolute atomic E-state index is 12.4. The highest BCUT2D eigenvalue weighted by molar-refractivity contribution is 14.1. The second-order valence-corrected chi connectivity index (χ2v) is 7.40. The average Bonchev–Trinajstić information content (AvgIpc) is 3.03. The summed E-state index contributed by atoms with van der Waals surface area (Å²) < 4.78 is 6.80. The van der Waals surface area contributed by atoms with E-state index in [1.165, 1.54) is 6.08 Å². The fraction of sp³-hybridized carbons (Fsp3) is 0.118. The van der Waals surface area contributed by atoms with Crippen LogP contribution in [0.3, 0.4) is 0 Å². The second-order valence-electron chi connectivity index (χ2n) is 5.56. The molecule has 2 N–H and O–H groups in total. The van der Waals surface area contributed by atoms with Gasteiger partial charge >= 0.3 is 6.03 Å². The lowest BCUT2D eigenvalue weighted by Crippen LogP contribution is -2.38. The molecule has 0 unspecified atom stereocenters. The lowest BCUT2D eigenvalue weighted by Gasteiger charge is -2.12. The number of amides is 4. The van der Waals surface area contributed by atoms with Gasteiger partial charge in [0.25, 0.3) is 5.91 Å². The highest BCUT2D eigenvalue weighted by Gasteiger charge is 2.35. The van der Waals surface area contributed by atoms with Crippen LogP contribution < -0.4 is 10.6 Å². The molecule has 0 aliphatic carbocycles. The van der Waals surface area contributed by atoms with Crippen molar-refractivity contribution in [1.82, 2.24) is 10.2 Å². The van der Waals surface area contributed by atoms with Crippen molar-refractivity contribution in [3.05, 3.63) is 55.6 Å². The lowest BCUT2D eigenvalue weighted by molar-refractivity contribution is -0.127. The predicted octanol–water partition coefficient (Wildman–Crippen LogP) is 3.49. The summed E-state index contributed by atoms with van der Waals surface area (Å²) in [5.41, 5.74) is 1.71. The standard InChI is InChI=1S/C17H13BrIN3O4/c1-9-2-4-10(5-3-9)20-14(23)8-22-16(24)13(21-17(22)25)7-11-6-12(18)15(19)26-11/h2-7H,8H2,1H3,(H,20,23)(H,21,25)/b13-7-. The first-order valence-electron chi connectivity index (χ1n) is 7.49. The first-order chi connectivity index (χ1) is 12.3. The van der Waals surface area contributed by atoms with Gasteiger partial charge in [0.05, 0.1) is 4.47 Å². The van der Waals surface area contributed by atoms with Crippen LogP contribution in [0, 0.1) is 10.7 Å². The summed E-state index contributed by atoms with van der Waals surface area (Å²) in [5.74, 6) is -0.638. The van der Waals surface area contributed by atoms with E-state index >= 15 is 0 Å². The Morgan fingerprint density at radius 2 is 2.04 bits per heavy atom. The molecule has 1 aromatic carbocycles. The van der Waals surface area contributed by atoms with Crippen LogP contribution in [0.1, 0.15) is 11.3 Å². The molecule has 1 aromatic heterocycles. The number of anilines is 1. The number of hydrogen-bond acceptors (Lipinski definition) is 4. The number of hydrogen-bond donors (Lipinski definition) is 2. The molecule has 1 aliphatic rings. The van der Waals surface area contributed by atoms with Gasteiger partial charge in [0.1, 0.15) is 18.0 Å². The van der Waals surface area contributed by atoms with E-state index in [4.69, 9.17) is 4.42 Å². The lowest BCUT2D eigenvalue weighted by atomic mass is 10.2. The molecule has 0 radical (unpaired) electrons. The van der Waals surface area contributed by atoms with E-state index in [2.05, 4.69) is 26.6 Å². The van der Waals surface area contributed by atoms with Crippen molar-refractivity contribution >= 4 is 68.1 Å². The second kappa shape index (κ2) is 7.62. The number of carbonyl (C=O) groups excluding carboxylic acids is 3. The maximum Gasteiger partial charge on any atom is 0.329 e. The van der Waals surface area contributed by atoms with Crippen LogP contribution in [0.5, 0.6) is 0 Å². The maximum atomic E-state index is 12.4. The SMILES string of the molecule is Cc1ccc(NC(=O)CN2C(=O)N/C(=C\c3cc(Br)c(I)o3)C2=O)cc1. The molecular weight excluding hydrogens is 517 g/mol. The third-order valence-electron chi connectivity index (χ3n) is 3.55. The van der Waals surface area contributed by atoms with Gasteiger partial charge in [-0.1, -0.05) is 17.7 Å². The van der Waals surface area contributed by atoms with E-state index in [9.17, 15) is 14.4 Å². The number of rotatable bonds is 4. The molecule has 26 heavy (non-hydrogen) atoms. The topological polar surface area (TPSA) is 91.7 Å². The molecule has 0 spiro atoms. The summed E-state index contributed by atoms with van der Waals surface area (Å²) in [6.45, 7) is 1.56. The minimum Gasteiger partial charge on any atom is -0.450 e. The number of aryl methyl sites for hydroxylation is 1. The van der Waals surface area contributed by atoms with Gasteiger partial charge in [-0.05, 0) is 41.1 Å². The van der Waals surface area contributed by atoms with Gasteiger partial charge in [0.15, 0.2) is 3.77 Å². The normalized spacial score (nSPS) is 15.5. The summed E-state index contributed by atoms with van der Waals surface area (Å²) >= 11 is 5.30. The molecule has 1 aliphatic heterocycles. The van der Waals surface area contributed by atoms with Crippen molar-refractivity contribution in [2.75, 3.05) is 11.9 Å². The zero-order valence-corrected chi connectivity index (χ0v) is 17.3. The molecular formula is C17H13BrIN3O4. The van der Waals surface area contributed by atoms with E-state index in [1.807, 2.05) is 41.6 Å². The molecule has 9 heteroatoms. The molecule has 2 heterocycles. The molecule has 7 nitrogen and oxygen atoms in total. The number of furan rings is 1. The monoisotopic (exact) mass is 529 g/mol. The highest BCUT2D eigenvalue weighted by atomic mass is 127. The number of urea groups is 1. The largest absolute Gasteiger partial charge is 0.450 e. The van der Waals surface area contributed by atoms with Crippen LogP contribution >= 0.6 is 38.5 Å². The van der Waals surface area contributed by atoms with Crippen molar-refractivity contribution < 1.29 is 18.8 Å². The summed E-state index contributed by atoms with van der Waals surface area (Å²) in [7, 11) is 0. The molecule has 134 valence electrons. The molecule has 4 amide bonds. The van der Waals surface area contributed by atoms with Crippen molar-refractivity contribution in [1.29, 1.82) is 0 Å². The van der Waals surface area contributed by atoms with Crippen LogP contribution in [-0.2, 0) is 9.59 Å². The Hall–Kier alpha value is -2.14. The molecule has 0 saturated carbocycles. The third-order valence-corrected chi connectivity index (χ3v) is 5.68. The van der Waals surface area contributed by atoms with E-state index in [1.54, 1.807) is 18.2 Å². The predicted molar refractivity (Wildman–Crippen MR) is 107 cm³/mol. The number of benzene rings is 1. The molecule has 1 saturated heterocycles. The van der Waals surface area contributed by atoms with Gasteiger partial charge in [-0.2, -0.15) is 0 Å². The van der Waals surface area contributed by atoms with Crippen molar-refractivity contribution in [2.24, 2.45) is 0 Å². The summed E-state index contributed by atoms with van der Waals surface area (Å²) in [6.07, 6.45) is 1.42. The van der Waals surface area contributed by atoms with Crippen LogP contribution in [0.4, 0.5) is 10.5 Å². The number of nitrogens with one attached hydrogen (secondary N) is 2. The Bertz CT molecular complexity index is 901. The van der Waals surface area contributed by atoms with Crippen LogP contribution in [-0.4, -0.2) is 29.3 Å². The van der Waals surface area contributed by atoms with Gasteiger partial charge in [-0.15, -0.1) is 0 Å². The Morgan fingerprint density at radius 1 is 1.35 bits per heavy atom. The minimum atomic E-state index is -0.652. The zero-order valence-electron chi connectivity index (χ0n) is 13.5. The molecule has 0 atom stereocenters. The Balaban J connectivity index is 1.68. The summed E-state index contributed by atoms with van der Waals surface area (Å²) in [4.78, 5) is 37.4. The fourth-order valence-corrected chi connectivity index (χ4v) is 2.99. The van der Waals surface area contributed by atoms with Crippen LogP contribution in [0.2, 0.25) is 0 Å². The summed E-state index contributed by atoms with van der Waals surface area (Å²) in [6, 6.07) is 8.24. The van der Waals surface area contributed by atoms with Crippen LogP contribution in [0.25, 0.3) is 6.08 Å². The quantitative estimate of drug-likeness (QED) is 0.360. The van der Waals surface area contributed by atoms with Crippen molar-refractivity contribution in [3.8, 4) is 0 Å². The number of nitrogens with zero attached hydrogens (tertiary/aromatic N) is 1. The van der Waals surface area contributed by atoms with E-state index in [0.717, 1.165) is 14.9 Å². The molecule has 1 fully saturated rings. The van der Waals surface area contributed by atoms with E-state index < -0.39 is 17.8 Å². The summed E-state index contributed by atoms with van der Waals surface area (Å²) in [5, 5.41) is 5.10. The number of halogens is 2. The van der Waals surface area contributed by atoms with Crippen LogP contribution in [0.15, 0.2) is 44.9 Å². The highest BCUT2D eigenvalue weighted by Crippen LogP contribution is 2.25. The Morgan fingerprint density at radius 3 is 2.65 bits per heavy atom. The molecule has 0 bridgehead atoms. The minimum absolute atomic E-state index is 0.0517. The smallest absolute Gasteiger partial charge is 0.329 e. The van der Waals surface area contributed by atoms with Crippen molar-refractivity contribution in [3.63, 3.8) is 0 Å². The van der Waals surface area contributed by atoms with Gasteiger partial charge in [-0.25, -0.2) is 9.69 Å². The molecule has 2 aromatic rings. The van der Waals surface area contributed by atoms with Gasteiger partial charge < -0.3 is 15.1 Å². The first kappa shape index (κ1) is 18.6. The Kier molecular flexibility index (Phi) is 5.47. The number of carbonyl (C=O) groups is 3. The first-order valence-corrected chi connectivity index (χ1v) is 9.36. The van der Waals surface area contributed by atoms with E-state index in [-0.39, 0.29) is 12.2 Å². The third kappa shape index (κ3) is 4.15. The molecule has 3 rings (SSSR count). The zero-order chi connectivity index (χ0) is 18.8. The van der Waals surface area contributed by atoms with Gasteiger partial charge in [0, 0.05) is 34.4 Å². The fourth-order valence-electron chi connectivity index (χ4n) is 2.27. The van der Waals surface area contributed by atoms with Crippen molar-refractivity contribution in [2.45, 2.75) is 6.92 Å². The average molecular weight is 530 g/mol. The Labute approximate surface area is 171 Å². The van der Waals surface area contributed by atoms with Gasteiger partial charge in [-0.3, -0.25) is 9.59 Å². The van der Waals surface area contributed by atoms with Gasteiger partial charge in [0.2, 0.25) is 5.91 Å².